The van der Waals surface area contributed by atoms with Gasteiger partial charge in [0.2, 0.25) is 0 Å². The van der Waals surface area contributed by atoms with Gasteiger partial charge in [0.15, 0.2) is 0 Å². The van der Waals surface area contributed by atoms with Crippen LogP contribution in [0.25, 0.3) is 0 Å². The van der Waals surface area contributed by atoms with E-state index < -0.39 is 0 Å². The molecule has 0 N–H and O–H groups in total. The molecule has 1 nitrogen and oxygen atoms in total. The standard InChI is InChI=1S/C14H28O/c1-4-7-8-9-10-11-13-14(12-5-2)15-6-3/h4,7,14H,5-6,8-13H2,1-3H3/b7-4+. The fourth-order valence-electron chi connectivity index (χ4n) is 1.85. The maximum atomic E-state index is 5.70. The molecule has 1 heteroatoms. The van der Waals surface area contributed by atoms with Gasteiger partial charge < -0.3 is 4.74 Å². The first-order valence-corrected chi connectivity index (χ1v) is 6.57. The summed E-state index contributed by atoms with van der Waals surface area (Å²) < 4.78 is 5.70. The predicted octanol–water partition coefficient (Wildman–Crippen LogP) is 4.72. The predicted molar refractivity (Wildman–Crippen MR) is 68.2 cm³/mol. The molecule has 0 amide bonds. The van der Waals surface area contributed by atoms with Crippen molar-refractivity contribution in [2.75, 3.05) is 6.61 Å². The van der Waals surface area contributed by atoms with Crippen molar-refractivity contribution >= 4 is 0 Å². The fraction of sp³-hybridized carbons (Fsp3) is 0.857. The first kappa shape index (κ1) is 14.7. The minimum absolute atomic E-state index is 0.515. The fourth-order valence-corrected chi connectivity index (χ4v) is 1.85. The van der Waals surface area contributed by atoms with Crippen LogP contribution in [0.1, 0.15) is 65.7 Å². The topological polar surface area (TPSA) is 9.23 Å². The van der Waals surface area contributed by atoms with E-state index >= 15 is 0 Å². The van der Waals surface area contributed by atoms with Crippen molar-refractivity contribution in [1.82, 2.24) is 0 Å². The monoisotopic (exact) mass is 212 g/mol. The summed E-state index contributed by atoms with van der Waals surface area (Å²) in [5.41, 5.74) is 0. The van der Waals surface area contributed by atoms with Crippen LogP contribution >= 0.6 is 0 Å². The Labute approximate surface area is 95.9 Å². The molecular formula is C14H28O. The van der Waals surface area contributed by atoms with Gasteiger partial charge in [-0.15, -0.1) is 0 Å². The van der Waals surface area contributed by atoms with Crippen LogP contribution < -0.4 is 0 Å². The van der Waals surface area contributed by atoms with Crippen molar-refractivity contribution in [2.24, 2.45) is 0 Å². The van der Waals surface area contributed by atoms with Crippen molar-refractivity contribution in [3.63, 3.8) is 0 Å². The molecule has 1 unspecified atom stereocenters. The SMILES string of the molecule is C/C=C/CCCCCC(CCC)OCC. The molecule has 15 heavy (non-hydrogen) atoms. The smallest absolute Gasteiger partial charge is 0.0574 e. The summed E-state index contributed by atoms with van der Waals surface area (Å²) in [6.45, 7) is 7.28. The van der Waals surface area contributed by atoms with Gasteiger partial charge in [0.05, 0.1) is 6.10 Å². The van der Waals surface area contributed by atoms with Gasteiger partial charge in [-0.2, -0.15) is 0 Å². The van der Waals surface area contributed by atoms with E-state index in [0.29, 0.717) is 6.10 Å². The van der Waals surface area contributed by atoms with Crippen LogP contribution in [0.4, 0.5) is 0 Å². The van der Waals surface area contributed by atoms with Gasteiger partial charge in [0, 0.05) is 6.61 Å². The summed E-state index contributed by atoms with van der Waals surface area (Å²) in [6, 6.07) is 0. The average Bonchev–Trinajstić information content (AvgIpc) is 2.24. The zero-order valence-electron chi connectivity index (χ0n) is 10.8. The lowest BCUT2D eigenvalue weighted by Gasteiger charge is -2.15. The summed E-state index contributed by atoms with van der Waals surface area (Å²) in [5.74, 6) is 0. The summed E-state index contributed by atoms with van der Waals surface area (Å²) in [4.78, 5) is 0. The van der Waals surface area contributed by atoms with Gasteiger partial charge in [0.1, 0.15) is 0 Å². The Balaban J connectivity index is 3.35. The summed E-state index contributed by atoms with van der Waals surface area (Å²) >= 11 is 0. The molecule has 0 aliphatic rings. The zero-order valence-corrected chi connectivity index (χ0v) is 10.8. The maximum absolute atomic E-state index is 5.70. The minimum Gasteiger partial charge on any atom is -0.379 e. The lowest BCUT2D eigenvalue weighted by atomic mass is 10.1. The highest BCUT2D eigenvalue weighted by molar-refractivity contribution is 4.76. The van der Waals surface area contributed by atoms with E-state index in [9.17, 15) is 0 Å². The Bertz CT molecular complexity index is 134. The van der Waals surface area contributed by atoms with E-state index in [1.807, 2.05) is 0 Å². The summed E-state index contributed by atoms with van der Waals surface area (Å²) in [7, 11) is 0. The Hall–Kier alpha value is -0.300. The van der Waals surface area contributed by atoms with Crippen molar-refractivity contribution in [3.8, 4) is 0 Å². The van der Waals surface area contributed by atoms with Crippen molar-refractivity contribution < 1.29 is 4.74 Å². The van der Waals surface area contributed by atoms with E-state index in [1.165, 1.54) is 44.9 Å². The number of allylic oxidation sites excluding steroid dienone is 2. The third-order valence-corrected chi connectivity index (χ3v) is 2.65. The van der Waals surface area contributed by atoms with Crippen LogP contribution in [0.2, 0.25) is 0 Å². The molecule has 0 spiro atoms. The third-order valence-electron chi connectivity index (χ3n) is 2.65. The molecule has 0 bridgehead atoms. The molecule has 0 aliphatic carbocycles. The number of ether oxygens (including phenoxy) is 1. The Morgan fingerprint density at radius 1 is 1.07 bits per heavy atom. The van der Waals surface area contributed by atoms with Gasteiger partial charge >= 0.3 is 0 Å². The van der Waals surface area contributed by atoms with Crippen LogP contribution in [-0.2, 0) is 4.74 Å². The Morgan fingerprint density at radius 2 is 1.87 bits per heavy atom. The van der Waals surface area contributed by atoms with E-state index in [-0.39, 0.29) is 0 Å². The minimum atomic E-state index is 0.515. The number of unbranched alkanes of at least 4 members (excludes halogenated alkanes) is 3. The zero-order chi connectivity index (χ0) is 11.4. The lowest BCUT2D eigenvalue weighted by molar-refractivity contribution is 0.0484. The molecule has 0 fully saturated rings. The van der Waals surface area contributed by atoms with E-state index in [2.05, 4.69) is 32.9 Å². The highest BCUT2D eigenvalue weighted by atomic mass is 16.5. The molecule has 0 aliphatic heterocycles. The second kappa shape index (κ2) is 11.8. The van der Waals surface area contributed by atoms with E-state index in [4.69, 9.17) is 4.74 Å². The van der Waals surface area contributed by atoms with Gasteiger partial charge in [0.25, 0.3) is 0 Å². The number of rotatable bonds is 10. The van der Waals surface area contributed by atoms with Crippen LogP contribution in [-0.4, -0.2) is 12.7 Å². The van der Waals surface area contributed by atoms with Gasteiger partial charge in [-0.1, -0.05) is 38.3 Å². The first-order valence-electron chi connectivity index (χ1n) is 6.57. The molecule has 0 aromatic rings. The van der Waals surface area contributed by atoms with Crippen LogP contribution in [0, 0.1) is 0 Å². The highest BCUT2D eigenvalue weighted by Gasteiger charge is 2.05. The number of hydrogen-bond acceptors (Lipinski definition) is 1. The molecule has 0 saturated carbocycles. The van der Waals surface area contributed by atoms with Gasteiger partial charge in [-0.3, -0.25) is 0 Å². The molecule has 0 rings (SSSR count). The molecule has 90 valence electrons. The van der Waals surface area contributed by atoms with E-state index in [0.717, 1.165) is 6.61 Å². The maximum Gasteiger partial charge on any atom is 0.0574 e. The summed E-state index contributed by atoms with van der Waals surface area (Å²) in [5, 5.41) is 0. The van der Waals surface area contributed by atoms with Gasteiger partial charge in [-0.25, -0.2) is 0 Å². The molecule has 1 atom stereocenters. The highest BCUT2D eigenvalue weighted by Crippen LogP contribution is 2.12. The molecule has 0 aromatic carbocycles. The lowest BCUT2D eigenvalue weighted by Crippen LogP contribution is -2.12. The van der Waals surface area contributed by atoms with Crippen LogP contribution in [0.15, 0.2) is 12.2 Å². The van der Waals surface area contributed by atoms with Crippen molar-refractivity contribution in [2.45, 2.75) is 71.8 Å². The first-order chi connectivity index (χ1) is 7.35. The third kappa shape index (κ3) is 9.99. The Kier molecular flexibility index (Phi) is 11.5. The second-order valence-corrected chi connectivity index (χ2v) is 4.07. The van der Waals surface area contributed by atoms with Crippen molar-refractivity contribution in [3.05, 3.63) is 12.2 Å². The largest absolute Gasteiger partial charge is 0.379 e. The van der Waals surface area contributed by atoms with Crippen molar-refractivity contribution in [1.29, 1.82) is 0 Å². The van der Waals surface area contributed by atoms with Gasteiger partial charge in [-0.05, 0) is 39.5 Å². The normalized spacial score (nSPS) is 13.5. The van der Waals surface area contributed by atoms with Crippen LogP contribution in [0.5, 0.6) is 0 Å². The molecule has 0 saturated heterocycles. The molecule has 0 radical (unpaired) electrons. The summed E-state index contributed by atoms with van der Waals surface area (Å²) in [6.07, 6.45) is 13.9. The molecular weight excluding hydrogens is 184 g/mol. The Morgan fingerprint density at radius 3 is 2.47 bits per heavy atom. The molecule has 0 heterocycles. The molecule has 0 aromatic heterocycles. The second-order valence-electron chi connectivity index (χ2n) is 4.07. The van der Waals surface area contributed by atoms with E-state index in [1.54, 1.807) is 0 Å². The number of hydrogen-bond donors (Lipinski definition) is 0. The van der Waals surface area contributed by atoms with Crippen LogP contribution in [0.3, 0.4) is 0 Å². The quantitative estimate of drug-likeness (QED) is 0.376. The average molecular weight is 212 g/mol.